The van der Waals surface area contributed by atoms with Gasteiger partial charge in [0.2, 0.25) is 0 Å². The Balaban J connectivity index is 1.88. The largest absolute Gasteiger partial charge is 0.352 e. The number of carbonyl (C=O) groups is 1. The molecule has 27 heavy (non-hydrogen) atoms. The van der Waals surface area contributed by atoms with Crippen molar-refractivity contribution < 1.29 is 4.79 Å². The summed E-state index contributed by atoms with van der Waals surface area (Å²) in [6.45, 7) is 10.1. The van der Waals surface area contributed by atoms with E-state index in [0.717, 1.165) is 34.5 Å². The van der Waals surface area contributed by atoms with Crippen LogP contribution < -0.4 is 5.32 Å². The lowest BCUT2D eigenvalue weighted by atomic mass is 10.1. The molecule has 0 bridgehead atoms. The van der Waals surface area contributed by atoms with E-state index >= 15 is 0 Å². The molecule has 0 spiro atoms. The monoisotopic (exact) mass is 382 g/mol. The lowest BCUT2D eigenvalue weighted by molar-refractivity contribution is 0.0952. The van der Waals surface area contributed by atoms with E-state index in [2.05, 4.69) is 55.8 Å². The van der Waals surface area contributed by atoms with Gasteiger partial charge in [0.25, 0.3) is 5.91 Å². The minimum Gasteiger partial charge on any atom is -0.352 e. The summed E-state index contributed by atoms with van der Waals surface area (Å²) < 4.78 is 2.30. The van der Waals surface area contributed by atoms with E-state index in [9.17, 15) is 4.79 Å². The van der Waals surface area contributed by atoms with Crippen LogP contribution >= 0.6 is 11.6 Å². The van der Waals surface area contributed by atoms with E-state index in [4.69, 9.17) is 11.6 Å². The Hall–Kier alpha value is -2.26. The van der Waals surface area contributed by atoms with Gasteiger partial charge in [-0.15, -0.1) is 0 Å². The molecule has 3 rings (SSSR count). The standard InChI is InChI=1S/C23H27ClN2O/c1-15(2)11-12-25-23(27)19-7-10-22-21(13-19)16(3)17(4)26(22)14-18-5-8-20(24)9-6-18/h5-10,13,15H,11-12,14H2,1-4H3,(H,25,27). The molecule has 0 aliphatic carbocycles. The topological polar surface area (TPSA) is 34.0 Å². The molecule has 0 aliphatic heterocycles. The molecule has 1 aromatic heterocycles. The van der Waals surface area contributed by atoms with Crippen LogP contribution in [0.2, 0.25) is 5.02 Å². The van der Waals surface area contributed by atoms with Crippen LogP contribution in [0.25, 0.3) is 10.9 Å². The van der Waals surface area contributed by atoms with Crippen molar-refractivity contribution in [2.75, 3.05) is 6.54 Å². The Labute approximate surface area is 166 Å². The van der Waals surface area contributed by atoms with E-state index in [-0.39, 0.29) is 5.91 Å². The Bertz CT molecular complexity index is 955. The average Bonchev–Trinajstić information content (AvgIpc) is 2.87. The van der Waals surface area contributed by atoms with E-state index in [1.165, 1.54) is 16.8 Å². The minimum atomic E-state index is 0.0000503. The minimum absolute atomic E-state index is 0.0000503. The molecule has 0 unspecified atom stereocenters. The number of fused-ring (bicyclic) bond motifs is 1. The van der Waals surface area contributed by atoms with Gasteiger partial charge in [0.1, 0.15) is 0 Å². The van der Waals surface area contributed by atoms with Gasteiger partial charge in [-0.2, -0.15) is 0 Å². The third-order valence-corrected chi connectivity index (χ3v) is 5.41. The predicted molar refractivity (Wildman–Crippen MR) is 114 cm³/mol. The number of hydrogen-bond donors (Lipinski definition) is 1. The van der Waals surface area contributed by atoms with E-state index in [1.807, 2.05) is 24.3 Å². The first-order valence-corrected chi connectivity index (χ1v) is 9.86. The van der Waals surface area contributed by atoms with Crippen LogP contribution in [0.15, 0.2) is 42.5 Å². The van der Waals surface area contributed by atoms with Crippen LogP contribution in [0.3, 0.4) is 0 Å². The third kappa shape index (κ3) is 4.36. The number of rotatable bonds is 6. The molecule has 0 radical (unpaired) electrons. The molecule has 0 atom stereocenters. The molecule has 0 fully saturated rings. The number of hydrogen-bond acceptors (Lipinski definition) is 1. The number of carbonyl (C=O) groups excluding carboxylic acids is 1. The van der Waals surface area contributed by atoms with Gasteiger partial charge in [0, 0.05) is 40.3 Å². The fraction of sp³-hybridized carbons (Fsp3) is 0.348. The Morgan fingerprint density at radius 2 is 1.81 bits per heavy atom. The van der Waals surface area contributed by atoms with Crippen molar-refractivity contribution >= 4 is 28.4 Å². The highest BCUT2D eigenvalue weighted by Gasteiger charge is 2.14. The fourth-order valence-electron chi connectivity index (χ4n) is 3.34. The molecule has 2 aromatic carbocycles. The number of halogens is 1. The zero-order valence-corrected chi connectivity index (χ0v) is 17.2. The maximum atomic E-state index is 12.5. The second kappa shape index (κ2) is 8.18. The van der Waals surface area contributed by atoms with E-state index in [0.29, 0.717) is 12.5 Å². The number of nitrogens with zero attached hydrogens (tertiary/aromatic N) is 1. The maximum Gasteiger partial charge on any atom is 0.251 e. The molecule has 0 saturated heterocycles. The van der Waals surface area contributed by atoms with Gasteiger partial charge < -0.3 is 9.88 Å². The average molecular weight is 383 g/mol. The van der Waals surface area contributed by atoms with Crippen molar-refractivity contribution in [3.8, 4) is 0 Å². The van der Waals surface area contributed by atoms with Gasteiger partial charge >= 0.3 is 0 Å². The Morgan fingerprint density at radius 3 is 2.48 bits per heavy atom. The Morgan fingerprint density at radius 1 is 1.11 bits per heavy atom. The molecule has 3 nitrogen and oxygen atoms in total. The third-order valence-electron chi connectivity index (χ3n) is 5.16. The first-order valence-electron chi connectivity index (χ1n) is 9.49. The number of amides is 1. The first kappa shape index (κ1) is 19.5. The van der Waals surface area contributed by atoms with Gasteiger partial charge in [-0.1, -0.05) is 37.6 Å². The molecule has 142 valence electrons. The summed E-state index contributed by atoms with van der Waals surface area (Å²) in [5.74, 6) is 0.583. The van der Waals surface area contributed by atoms with Crippen LogP contribution in [-0.4, -0.2) is 17.0 Å². The van der Waals surface area contributed by atoms with Crippen LogP contribution in [0.4, 0.5) is 0 Å². The molecule has 1 N–H and O–H groups in total. The molecular formula is C23H27ClN2O. The van der Waals surface area contributed by atoms with Gasteiger partial charge in [-0.3, -0.25) is 4.79 Å². The predicted octanol–water partition coefficient (Wildman–Crippen LogP) is 5.74. The smallest absolute Gasteiger partial charge is 0.251 e. The molecule has 1 amide bonds. The van der Waals surface area contributed by atoms with Crippen molar-refractivity contribution in [3.63, 3.8) is 0 Å². The van der Waals surface area contributed by atoms with E-state index < -0.39 is 0 Å². The summed E-state index contributed by atoms with van der Waals surface area (Å²) in [5, 5.41) is 4.91. The van der Waals surface area contributed by atoms with E-state index in [1.54, 1.807) is 0 Å². The number of aromatic nitrogens is 1. The SMILES string of the molecule is Cc1c(C)n(Cc2ccc(Cl)cc2)c2ccc(C(=O)NCCC(C)C)cc12. The lowest BCUT2D eigenvalue weighted by Gasteiger charge is -2.10. The molecular weight excluding hydrogens is 356 g/mol. The first-order chi connectivity index (χ1) is 12.9. The lowest BCUT2D eigenvalue weighted by Crippen LogP contribution is -2.25. The van der Waals surface area contributed by atoms with Gasteiger partial charge in [-0.25, -0.2) is 0 Å². The highest BCUT2D eigenvalue weighted by molar-refractivity contribution is 6.30. The number of benzene rings is 2. The molecule has 0 aliphatic rings. The summed E-state index contributed by atoms with van der Waals surface area (Å²) in [7, 11) is 0. The molecule has 3 aromatic rings. The van der Waals surface area contributed by atoms with Crippen molar-refractivity contribution in [2.24, 2.45) is 5.92 Å². The quantitative estimate of drug-likeness (QED) is 0.579. The van der Waals surface area contributed by atoms with Crippen LogP contribution in [0, 0.1) is 19.8 Å². The van der Waals surface area contributed by atoms with Crippen molar-refractivity contribution in [3.05, 3.63) is 69.9 Å². The Kier molecular flexibility index (Phi) is 5.91. The number of nitrogens with one attached hydrogen (secondary N) is 1. The number of aryl methyl sites for hydroxylation is 1. The zero-order chi connectivity index (χ0) is 19.6. The fourth-order valence-corrected chi connectivity index (χ4v) is 3.47. The summed E-state index contributed by atoms with van der Waals surface area (Å²) in [5.41, 5.74) is 5.51. The summed E-state index contributed by atoms with van der Waals surface area (Å²) in [6.07, 6.45) is 0.990. The molecule has 0 saturated carbocycles. The summed E-state index contributed by atoms with van der Waals surface area (Å²) in [6, 6.07) is 13.9. The van der Waals surface area contributed by atoms with Crippen LogP contribution in [0.5, 0.6) is 0 Å². The van der Waals surface area contributed by atoms with Gasteiger partial charge in [0.15, 0.2) is 0 Å². The van der Waals surface area contributed by atoms with Gasteiger partial charge in [-0.05, 0) is 67.6 Å². The second-order valence-corrected chi connectivity index (χ2v) is 8.03. The highest BCUT2D eigenvalue weighted by atomic mass is 35.5. The van der Waals surface area contributed by atoms with Crippen molar-refractivity contribution in [2.45, 2.75) is 40.7 Å². The maximum absolute atomic E-state index is 12.5. The van der Waals surface area contributed by atoms with Crippen molar-refractivity contribution in [1.82, 2.24) is 9.88 Å². The molecule has 4 heteroatoms. The normalized spacial score (nSPS) is 11.3. The van der Waals surface area contributed by atoms with Gasteiger partial charge in [0.05, 0.1) is 0 Å². The summed E-state index contributed by atoms with van der Waals surface area (Å²) >= 11 is 6.00. The molecule has 1 heterocycles. The summed E-state index contributed by atoms with van der Waals surface area (Å²) in [4.78, 5) is 12.5. The van der Waals surface area contributed by atoms with Crippen molar-refractivity contribution in [1.29, 1.82) is 0 Å². The van der Waals surface area contributed by atoms with Crippen LogP contribution in [-0.2, 0) is 6.54 Å². The highest BCUT2D eigenvalue weighted by Crippen LogP contribution is 2.27. The zero-order valence-electron chi connectivity index (χ0n) is 16.5. The second-order valence-electron chi connectivity index (χ2n) is 7.59. The van der Waals surface area contributed by atoms with Crippen LogP contribution in [0.1, 0.15) is 47.4 Å².